The van der Waals surface area contributed by atoms with Crippen molar-refractivity contribution in [2.75, 3.05) is 5.32 Å². The third kappa shape index (κ3) is 3.89. The lowest BCUT2D eigenvalue weighted by Crippen LogP contribution is -2.36. The number of fused-ring (bicyclic) bond motifs is 1. The zero-order valence-electron chi connectivity index (χ0n) is 14.4. The Hall–Kier alpha value is -3.42. The highest BCUT2D eigenvalue weighted by Gasteiger charge is 2.24. The lowest BCUT2D eigenvalue weighted by Gasteiger charge is -2.23. The van der Waals surface area contributed by atoms with Gasteiger partial charge in [0.2, 0.25) is 0 Å². The molecule has 0 saturated heterocycles. The van der Waals surface area contributed by atoms with E-state index in [9.17, 15) is 9.18 Å². The van der Waals surface area contributed by atoms with Gasteiger partial charge in [-0.1, -0.05) is 18.2 Å². The summed E-state index contributed by atoms with van der Waals surface area (Å²) in [7, 11) is 0. The fraction of sp³-hybridized carbons (Fsp3) is 0.211. The zero-order chi connectivity index (χ0) is 18.6. The number of hydrogen-bond acceptors (Lipinski definition) is 4. The smallest absolute Gasteiger partial charge is 0.319 e. The summed E-state index contributed by atoms with van der Waals surface area (Å²) in [5, 5.41) is 9.86. The van der Waals surface area contributed by atoms with Gasteiger partial charge in [-0.2, -0.15) is 5.10 Å². The Labute approximate surface area is 155 Å². The van der Waals surface area contributed by atoms with Crippen molar-refractivity contribution in [2.45, 2.75) is 25.4 Å². The molecular weight excluding hydrogens is 349 g/mol. The number of halogens is 1. The predicted octanol–water partition coefficient (Wildman–Crippen LogP) is 3.87. The molecule has 1 aliphatic heterocycles. The van der Waals surface area contributed by atoms with Gasteiger partial charge in [0.1, 0.15) is 23.7 Å². The topological polar surface area (TPSA) is 81.1 Å². The van der Waals surface area contributed by atoms with Crippen LogP contribution in [0.15, 0.2) is 54.9 Å². The number of hydrogen-bond donors (Lipinski definition) is 2. The van der Waals surface area contributed by atoms with Crippen molar-refractivity contribution in [3.05, 3.63) is 66.5 Å². The van der Waals surface area contributed by atoms with Gasteiger partial charge in [-0.05, 0) is 37.1 Å². The van der Waals surface area contributed by atoms with Crippen molar-refractivity contribution in [1.29, 1.82) is 0 Å². The molecule has 2 N–H and O–H groups in total. The van der Waals surface area contributed by atoms with E-state index in [0.717, 1.165) is 25.2 Å². The minimum Gasteiger partial charge on any atom is -0.455 e. The minimum atomic E-state index is -0.392. The number of rotatable bonds is 4. The van der Waals surface area contributed by atoms with Crippen molar-refractivity contribution >= 4 is 11.7 Å². The molecule has 7 nitrogen and oxygen atoms in total. The standard InChI is InChI=1S/C19H18FN5O2/c20-13-5-3-6-14(11-13)27-17-9-2-1-7-15(17)23-19(26)24-16-8-4-10-25-18(16)21-12-22-25/h1-3,5-7,9,11-12,16H,4,8,10H2,(H2,23,24,26). The molecule has 8 heteroatoms. The van der Waals surface area contributed by atoms with Crippen LogP contribution in [0.25, 0.3) is 0 Å². The Morgan fingerprint density at radius 1 is 1.22 bits per heavy atom. The molecule has 3 aromatic rings. The van der Waals surface area contributed by atoms with E-state index in [4.69, 9.17) is 4.74 Å². The number of ether oxygens (including phenoxy) is 1. The number of amides is 2. The molecule has 0 fully saturated rings. The van der Waals surface area contributed by atoms with Crippen molar-refractivity contribution in [3.8, 4) is 11.5 Å². The number of aromatic nitrogens is 3. The predicted molar refractivity (Wildman–Crippen MR) is 97.1 cm³/mol. The van der Waals surface area contributed by atoms with Crippen molar-refractivity contribution in [2.24, 2.45) is 0 Å². The first-order chi connectivity index (χ1) is 13.2. The molecule has 1 aromatic heterocycles. The summed E-state index contributed by atoms with van der Waals surface area (Å²) in [6.07, 6.45) is 3.21. The van der Waals surface area contributed by atoms with Crippen LogP contribution in [0.3, 0.4) is 0 Å². The number of para-hydroxylation sites is 2. The van der Waals surface area contributed by atoms with Gasteiger partial charge >= 0.3 is 6.03 Å². The molecule has 2 aromatic carbocycles. The highest BCUT2D eigenvalue weighted by molar-refractivity contribution is 5.91. The molecule has 0 aliphatic carbocycles. The summed E-state index contributed by atoms with van der Waals surface area (Å²) in [5.41, 5.74) is 0.483. The third-order valence-corrected chi connectivity index (χ3v) is 4.28. The first kappa shape index (κ1) is 17.0. The summed E-state index contributed by atoms with van der Waals surface area (Å²) in [5.74, 6) is 1.13. The molecule has 0 spiro atoms. The highest BCUT2D eigenvalue weighted by atomic mass is 19.1. The fourth-order valence-electron chi connectivity index (χ4n) is 3.06. The number of urea groups is 1. The quantitative estimate of drug-likeness (QED) is 0.734. The first-order valence-corrected chi connectivity index (χ1v) is 8.67. The number of nitrogens with one attached hydrogen (secondary N) is 2. The molecule has 138 valence electrons. The number of nitrogens with zero attached hydrogens (tertiary/aromatic N) is 3. The van der Waals surface area contributed by atoms with E-state index in [0.29, 0.717) is 17.2 Å². The molecular formula is C19H18FN5O2. The van der Waals surface area contributed by atoms with Crippen molar-refractivity contribution in [3.63, 3.8) is 0 Å². The Kier molecular flexibility index (Phi) is 4.69. The van der Waals surface area contributed by atoms with E-state index < -0.39 is 5.82 Å². The summed E-state index contributed by atoms with van der Waals surface area (Å²) in [4.78, 5) is 16.7. The molecule has 1 atom stereocenters. The van der Waals surface area contributed by atoms with Gasteiger partial charge in [-0.3, -0.25) is 0 Å². The molecule has 4 rings (SSSR count). The van der Waals surface area contributed by atoms with Crippen molar-refractivity contribution in [1.82, 2.24) is 20.1 Å². The van der Waals surface area contributed by atoms with Crippen LogP contribution in [0.2, 0.25) is 0 Å². The highest BCUT2D eigenvalue weighted by Crippen LogP contribution is 2.30. The average molecular weight is 367 g/mol. The van der Waals surface area contributed by atoms with Gasteiger partial charge in [0.15, 0.2) is 5.75 Å². The van der Waals surface area contributed by atoms with Crippen LogP contribution in [-0.2, 0) is 6.54 Å². The second-order valence-electron chi connectivity index (χ2n) is 6.19. The molecule has 2 amide bonds. The molecule has 0 bridgehead atoms. The summed E-state index contributed by atoms with van der Waals surface area (Å²) < 4.78 is 20.9. The molecule has 2 heterocycles. The monoisotopic (exact) mass is 367 g/mol. The Bertz CT molecular complexity index is 959. The Morgan fingerprint density at radius 2 is 2.11 bits per heavy atom. The van der Waals surface area contributed by atoms with Gasteiger partial charge in [-0.25, -0.2) is 18.9 Å². The van der Waals surface area contributed by atoms with Gasteiger partial charge in [0, 0.05) is 12.6 Å². The number of aryl methyl sites for hydroxylation is 1. The maximum absolute atomic E-state index is 13.4. The van der Waals surface area contributed by atoms with Gasteiger partial charge in [0.05, 0.1) is 11.7 Å². The fourth-order valence-corrected chi connectivity index (χ4v) is 3.06. The second kappa shape index (κ2) is 7.45. The third-order valence-electron chi connectivity index (χ3n) is 4.28. The van der Waals surface area contributed by atoms with E-state index in [1.54, 1.807) is 41.1 Å². The molecule has 27 heavy (non-hydrogen) atoms. The average Bonchev–Trinajstić information content (AvgIpc) is 3.13. The first-order valence-electron chi connectivity index (χ1n) is 8.67. The molecule has 0 radical (unpaired) electrons. The van der Waals surface area contributed by atoms with Crippen molar-refractivity contribution < 1.29 is 13.9 Å². The van der Waals surface area contributed by atoms with E-state index in [1.165, 1.54) is 18.5 Å². The summed E-state index contributed by atoms with van der Waals surface area (Å²) >= 11 is 0. The van der Waals surface area contributed by atoms with E-state index in [-0.39, 0.29) is 12.1 Å². The zero-order valence-corrected chi connectivity index (χ0v) is 14.4. The van der Waals surface area contributed by atoms with Crippen LogP contribution in [0.5, 0.6) is 11.5 Å². The van der Waals surface area contributed by atoms with Crippen LogP contribution in [0, 0.1) is 5.82 Å². The number of carbonyl (C=O) groups is 1. The Morgan fingerprint density at radius 3 is 3.00 bits per heavy atom. The minimum absolute atomic E-state index is 0.197. The largest absolute Gasteiger partial charge is 0.455 e. The van der Waals surface area contributed by atoms with E-state index in [1.807, 2.05) is 0 Å². The second-order valence-corrected chi connectivity index (χ2v) is 6.19. The summed E-state index contributed by atoms with van der Waals surface area (Å²) in [6.45, 7) is 0.805. The Balaban J connectivity index is 1.46. The van der Waals surface area contributed by atoms with Gasteiger partial charge in [0.25, 0.3) is 0 Å². The molecule has 1 aliphatic rings. The van der Waals surface area contributed by atoms with Crippen LogP contribution < -0.4 is 15.4 Å². The van der Waals surface area contributed by atoms with Crippen LogP contribution in [-0.4, -0.2) is 20.8 Å². The number of anilines is 1. The maximum atomic E-state index is 13.4. The van der Waals surface area contributed by atoms with Crippen LogP contribution >= 0.6 is 0 Å². The lowest BCUT2D eigenvalue weighted by atomic mass is 10.1. The SMILES string of the molecule is O=C(Nc1ccccc1Oc1cccc(F)c1)NC1CCCn2ncnc21. The molecule has 1 unspecified atom stereocenters. The van der Waals surface area contributed by atoms with Gasteiger partial charge < -0.3 is 15.4 Å². The number of benzene rings is 2. The summed E-state index contributed by atoms with van der Waals surface area (Å²) in [6, 6.07) is 12.3. The normalized spacial score (nSPS) is 15.7. The van der Waals surface area contributed by atoms with E-state index >= 15 is 0 Å². The van der Waals surface area contributed by atoms with Crippen LogP contribution in [0.4, 0.5) is 14.9 Å². The van der Waals surface area contributed by atoms with Gasteiger partial charge in [-0.15, -0.1) is 0 Å². The lowest BCUT2D eigenvalue weighted by molar-refractivity contribution is 0.244. The van der Waals surface area contributed by atoms with E-state index in [2.05, 4.69) is 20.7 Å². The number of carbonyl (C=O) groups excluding carboxylic acids is 1. The van der Waals surface area contributed by atoms with Crippen LogP contribution in [0.1, 0.15) is 24.7 Å². The maximum Gasteiger partial charge on any atom is 0.319 e. The molecule has 0 saturated carbocycles.